The van der Waals surface area contributed by atoms with Crippen LogP contribution in [0.4, 0.5) is 0 Å². The Morgan fingerprint density at radius 1 is 1.16 bits per heavy atom. The fraction of sp³-hybridized carbons (Fsp3) is 0.143. The zero-order chi connectivity index (χ0) is 13.1. The number of hydrazine groups is 1. The van der Waals surface area contributed by atoms with E-state index in [0.29, 0.717) is 0 Å². The second-order valence-electron chi connectivity index (χ2n) is 4.31. The maximum absolute atomic E-state index is 5.68. The zero-order valence-corrected chi connectivity index (χ0v) is 11.1. The lowest BCUT2D eigenvalue weighted by Crippen LogP contribution is -2.29. The van der Waals surface area contributed by atoms with E-state index in [2.05, 4.69) is 39.0 Å². The summed E-state index contributed by atoms with van der Waals surface area (Å²) < 4.78 is 0. The number of nitrogens with zero attached hydrogens (tertiary/aromatic N) is 2. The molecule has 0 saturated heterocycles. The Morgan fingerprint density at radius 2 is 2.00 bits per heavy atom. The number of nitrogens with one attached hydrogen (secondary N) is 1. The van der Waals surface area contributed by atoms with Crippen LogP contribution in [0.1, 0.15) is 16.5 Å². The first-order valence-electron chi connectivity index (χ1n) is 6.06. The van der Waals surface area contributed by atoms with Crippen molar-refractivity contribution in [2.45, 2.75) is 12.5 Å². The van der Waals surface area contributed by atoms with Crippen LogP contribution in [0.3, 0.4) is 0 Å². The molecule has 1 aromatic carbocycles. The van der Waals surface area contributed by atoms with Crippen molar-refractivity contribution in [2.24, 2.45) is 5.84 Å². The van der Waals surface area contributed by atoms with Crippen LogP contribution in [0.15, 0.2) is 48.1 Å². The predicted molar refractivity (Wildman–Crippen MR) is 77.6 cm³/mol. The molecular weight excluding hydrogens is 256 g/mol. The zero-order valence-electron chi connectivity index (χ0n) is 10.3. The molecule has 0 bridgehead atoms. The fourth-order valence-electron chi connectivity index (χ4n) is 2.10. The van der Waals surface area contributed by atoms with E-state index in [0.717, 1.165) is 23.0 Å². The third kappa shape index (κ3) is 2.63. The van der Waals surface area contributed by atoms with Gasteiger partial charge >= 0.3 is 0 Å². The monoisotopic (exact) mass is 270 g/mol. The average molecular weight is 270 g/mol. The summed E-state index contributed by atoms with van der Waals surface area (Å²) in [6.45, 7) is 0. The quantitative estimate of drug-likeness (QED) is 0.564. The lowest BCUT2D eigenvalue weighted by molar-refractivity contribution is 0.556. The van der Waals surface area contributed by atoms with Gasteiger partial charge in [0, 0.05) is 23.7 Å². The van der Waals surface area contributed by atoms with Crippen molar-refractivity contribution in [2.75, 3.05) is 0 Å². The molecule has 0 saturated carbocycles. The summed E-state index contributed by atoms with van der Waals surface area (Å²) >= 11 is 1.74. The lowest BCUT2D eigenvalue weighted by atomic mass is 10.0. The molecule has 1 atom stereocenters. The van der Waals surface area contributed by atoms with E-state index in [9.17, 15) is 0 Å². The highest BCUT2D eigenvalue weighted by Crippen LogP contribution is 2.22. The first kappa shape index (κ1) is 12.2. The van der Waals surface area contributed by atoms with Gasteiger partial charge in [-0.15, -0.1) is 11.3 Å². The minimum absolute atomic E-state index is 0.0880. The number of nitrogens with two attached hydrogens (primary N) is 1. The summed E-state index contributed by atoms with van der Waals surface area (Å²) in [5.74, 6) is 5.68. The Kier molecular flexibility index (Phi) is 3.50. The molecule has 0 aliphatic heterocycles. The number of rotatable bonds is 4. The molecule has 0 radical (unpaired) electrons. The summed E-state index contributed by atoms with van der Waals surface area (Å²) in [6, 6.07) is 10.3. The van der Waals surface area contributed by atoms with Crippen molar-refractivity contribution >= 4 is 22.4 Å². The molecule has 5 heteroatoms. The van der Waals surface area contributed by atoms with Crippen molar-refractivity contribution in [3.8, 4) is 0 Å². The van der Waals surface area contributed by atoms with Gasteiger partial charge in [0.25, 0.3) is 0 Å². The van der Waals surface area contributed by atoms with Crippen LogP contribution >= 0.6 is 11.3 Å². The van der Waals surface area contributed by atoms with Crippen molar-refractivity contribution in [1.29, 1.82) is 0 Å². The highest BCUT2D eigenvalue weighted by atomic mass is 32.1. The molecule has 3 rings (SSSR count). The molecule has 0 amide bonds. The number of hydrogen-bond acceptors (Lipinski definition) is 5. The highest BCUT2D eigenvalue weighted by molar-refractivity contribution is 7.09. The Bertz CT molecular complexity index is 666. The molecule has 0 aliphatic carbocycles. The van der Waals surface area contributed by atoms with E-state index in [1.54, 1.807) is 23.7 Å². The summed E-state index contributed by atoms with van der Waals surface area (Å²) in [7, 11) is 0. The summed E-state index contributed by atoms with van der Waals surface area (Å²) in [6.07, 6.45) is 4.28. The van der Waals surface area contributed by atoms with Gasteiger partial charge in [-0.3, -0.25) is 21.2 Å². The van der Waals surface area contributed by atoms with Crippen molar-refractivity contribution in [3.63, 3.8) is 0 Å². The first-order valence-corrected chi connectivity index (χ1v) is 6.94. The maximum atomic E-state index is 5.68. The van der Waals surface area contributed by atoms with Gasteiger partial charge in [0.15, 0.2) is 0 Å². The Hall–Kier alpha value is -1.82. The minimum atomic E-state index is 0.0880. The molecule has 0 fully saturated rings. The molecule has 96 valence electrons. The molecule has 3 N–H and O–H groups in total. The average Bonchev–Trinajstić information content (AvgIpc) is 2.97. The largest absolute Gasteiger partial charge is 0.271 e. The third-order valence-corrected chi connectivity index (χ3v) is 3.98. The van der Waals surface area contributed by atoms with Gasteiger partial charge in [0.1, 0.15) is 0 Å². The lowest BCUT2D eigenvalue weighted by Gasteiger charge is -2.15. The van der Waals surface area contributed by atoms with Crippen LogP contribution in [0.25, 0.3) is 11.0 Å². The van der Waals surface area contributed by atoms with E-state index >= 15 is 0 Å². The molecule has 19 heavy (non-hydrogen) atoms. The van der Waals surface area contributed by atoms with E-state index < -0.39 is 0 Å². The molecule has 0 spiro atoms. The number of benzene rings is 1. The Balaban J connectivity index is 1.92. The fourth-order valence-corrected chi connectivity index (χ4v) is 2.85. The SMILES string of the molecule is NNC(Cc1cccs1)c1ccc2nccnc2c1. The molecule has 1 unspecified atom stereocenters. The topological polar surface area (TPSA) is 63.8 Å². The standard InChI is InChI=1S/C14H14N4S/c15-18-13(9-11-2-1-7-19-11)10-3-4-12-14(8-10)17-6-5-16-12/h1-8,13,18H,9,15H2. The van der Waals surface area contributed by atoms with Crippen LogP contribution in [0.2, 0.25) is 0 Å². The summed E-state index contributed by atoms with van der Waals surface area (Å²) in [5, 5.41) is 2.08. The number of hydrogen-bond donors (Lipinski definition) is 2. The molecule has 4 nitrogen and oxygen atoms in total. The number of aromatic nitrogens is 2. The number of thiophene rings is 1. The Labute approximate surface area is 115 Å². The second kappa shape index (κ2) is 5.44. The van der Waals surface area contributed by atoms with Gasteiger partial charge in [-0.2, -0.15) is 0 Å². The van der Waals surface area contributed by atoms with Gasteiger partial charge in [0.2, 0.25) is 0 Å². The van der Waals surface area contributed by atoms with Crippen molar-refractivity contribution in [1.82, 2.24) is 15.4 Å². The molecular formula is C14H14N4S. The van der Waals surface area contributed by atoms with Gasteiger partial charge in [-0.25, -0.2) is 0 Å². The van der Waals surface area contributed by atoms with Gasteiger partial charge in [-0.1, -0.05) is 12.1 Å². The highest BCUT2D eigenvalue weighted by Gasteiger charge is 2.12. The summed E-state index contributed by atoms with van der Waals surface area (Å²) in [5.41, 5.74) is 5.80. The van der Waals surface area contributed by atoms with E-state index in [-0.39, 0.29) is 6.04 Å². The smallest absolute Gasteiger partial charge is 0.0890 e. The van der Waals surface area contributed by atoms with Gasteiger partial charge in [-0.05, 0) is 29.1 Å². The van der Waals surface area contributed by atoms with Crippen LogP contribution < -0.4 is 11.3 Å². The van der Waals surface area contributed by atoms with Crippen LogP contribution in [-0.2, 0) is 6.42 Å². The van der Waals surface area contributed by atoms with Gasteiger partial charge < -0.3 is 0 Å². The van der Waals surface area contributed by atoms with E-state index in [4.69, 9.17) is 5.84 Å². The maximum Gasteiger partial charge on any atom is 0.0890 e. The van der Waals surface area contributed by atoms with Gasteiger partial charge in [0.05, 0.1) is 17.1 Å². The van der Waals surface area contributed by atoms with Crippen LogP contribution in [0.5, 0.6) is 0 Å². The first-order chi connectivity index (χ1) is 9.36. The number of fused-ring (bicyclic) bond motifs is 1. The second-order valence-corrected chi connectivity index (χ2v) is 5.34. The molecule has 2 heterocycles. The normalized spacial score (nSPS) is 12.7. The predicted octanol–water partition coefficient (Wildman–Crippen LogP) is 2.44. The van der Waals surface area contributed by atoms with Crippen molar-refractivity contribution in [3.05, 3.63) is 58.5 Å². The third-order valence-electron chi connectivity index (χ3n) is 3.08. The van der Waals surface area contributed by atoms with E-state index in [1.807, 2.05) is 12.1 Å². The Morgan fingerprint density at radius 3 is 2.74 bits per heavy atom. The van der Waals surface area contributed by atoms with Crippen LogP contribution in [0, 0.1) is 0 Å². The summed E-state index contributed by atoms with van der Waals surface area (Å²) in [4.78, 5) is 9.91. The molecule has 3 aromatic rings. The van der Waals surface area contributed by atoms with E-state index in [1.165, 1.54) is 4.88 Å². The minimum Gasteiger partial charge on any atom is -0.271 e. The van der Waals surface area contributed by atoms with Crippen molar-refractivity contribution < 1.29 is 0 Å². The molecule has 0 aliphatic rings. The van der Waals surface area contributed by atoms with Crippen LogP contribution in [-0.4, -0.2) is 9.97 Å². The molecule has 2 aromatic heterocycles.